The van der Waals surface area contributed by atoms with Gasteiger partial charge in [0.25, 0.3) is 17.0 Å². The Hall–Kier alpha value is -2.59. The molecule has 7 nitrogen and oxygen atoms in total. The third-order valence-corrected chi connectivity index (χ3v) is 7.46. The fourth-order valence-corrected chi connectivity index (χ4v) is 5.35. The highest BCUT2D eigenvalue weighted by atomic mass is 32.1. The van der Waals surface area contributed by atoms with Gasteiger partial charge in [-0.1, -0.05) is 11.3 Å². The molecule has 1 fully saturated rings. The predicted molar refractivity (Wildman–Crippen MR) is 132 cm³/mol. The fraction of sp³-hybridized carbons (Fsp3) is 0.560. The standard InChI is InChI=1S/C25H31F2N5O2S/c1-25(26,27)16-34-24-31-21-15-32(11-9-22(21)35-24)10-8-18-2-4-19(5-3-18)14-30-23(33)7-6-20-12-28-17-29-13-20/h6-7,12-14,17-19H,2-5,8-11,15-16H2,1H3/b7-6+,30-14?. The predicted octanol–water partition coefficient (Wildman–Crippen LogP) is 4.83. The molecule has 188 valence electrons. The van der Waals surface area contributed by atoms with E-state index in [2.05, 4.69) is 24.8 Å². The molecule has 2 aromatic heterocycles. The molecule has 2 aliphatic rings. The van der Waals surface area contributed by atoms with Gasteiger partial charge in [0.2, 0.25) is 0 Å². The van der Waals surface area contributed by atoms with E-state index in [1.54, 1.807) is 18.5 Å². The van der Waals surface area contributed by atoms with E-state index < -0.39 is 12.5 Å². The van der Waals surface area contributed by atoms with E-state index in [9.17, 15) is 13.6 Å². The van der Waals surface area contributed by atoms with Gasteiger partial charge in [-0.05, 0) is 63.0 Å². The minimum Gasteiger partial charge on any atom is -0.464 e. The summed E-state index contributed by atoms with van der Waals surface area (Å²) in [5.41, 5.74) is 1.74. The van der Waals surface area contributed by atoms with E-state index in [1.165, 1.54) is 23.7 Å². The van der Waals surface area contributed by atoms with Crippen LogP contribution in [-0.2, 0) is 17.8 Å². The molecule has 0 aromatic carbocycles. The van der Waals surface area contributed by atoms with Gasteiger partial charge in [-0.3, -0.25) is 9.69 Å². The summed E-state index contributed by atoms with van der Waals surface area (Å²) in [6.07, 6.45) is 16.1. The Kier molecular flexibility index (Phi) is 8.67. The van der Waals surface area contributed by atoms with Crippen LogP contribution < -0.4 is 4.74 Å². The van der Waals surface area contributed by atoms with Crippen LogP contribution in [0.5, 0.6) is 5.19 Å². The maximum Gasteiger partial charge on any atom is 0.278 e. The monoisotopic (exact) mass is 503 g/mol. The Labute approximate surface area is 208 Å². The number of halogens is 2. The molecule has 1 saturated carbocycles. The molecule has 0 spiro atoms. The van der Waals surface area contributed by atoms with Gasteiger partial charge in [0, 0.05) is 55.1 Å². The van der Waals surface area contributed by atoms with Crippen molar-refractivity contribution in [1.29, 1.82) is 0 Å². The Morgan fingerprint density at radius 2 is 2.06 bits per heavy atom. The zero-order chi connectivity index (χ0) is 24.7. The average molecular weight is 504 g/mol. The SMILES string of the molecule is CC(F)(F)COc1nc2c(s1)CCN(CCC1CCC(C=NC(=O)/C=C/c3cncnc3)CC1)C2. The summed E-state index contributed by atoms with van der Waals surface area (Å²) in [6.45, 7) is 2.94. The number of aromatic nitrogens is 3. The summed E-state index contributed by atoms with van der Waals surface area (Å²) < 4.78 is 31.3. The van der Waals surface area contributed by atoms with Crippen molar-refractivity contribution >= 4 is 29.5 Å². The number of aliphatic imine (C=N–C) groups is 1. The molecular formula is C25H31F2N5O2S. The molecule has 1 aliphatic heterocycles. The van der Waals surface area contributed by atoms with Gasteiger partial charge < -0.3 is 4.74 Å². The van der Waals surface area contributed by atoms with Crippen LogP contribution in [0.15, 0.2) is 29.8 Å². The zero-order valence-corrected chi connectivity index (χ0v) is 20.7. The summed E-state index contributed by atoms with van der Waals surface area (Å²) in [5.74, 6) is -2.09. The van der Waals surface area contributed by atoms with E-state index in [1.807, 2.05) is 6.21 Å². The molecule has 35 heavy (non-hydrogen) atoms. The summed E-state index contributed by atoms with van der Waals surface area (Å²) in [4.78, 5) is 31.9. The molecule has 0 atom stereocenters. The number of amides is 1. The maximum absolute atomic E-state index is 13.0. The highest BCUT2D eigenvalue weighted by molar-refractivity contribution is 7.13. The Morgan fingerprint density at radius 3 is 2.80 bits per heavy atom. The molecule has 0 N–H and O–H groups in total. The molecule has 2 aromatic rings. The molecule has 0 saturated heterocycles. The van der Waals surface area contributed by atoms with E-state index in [0.29, 0.717) is 17.0 Å². The van der Waals surface area contributed by atoms with Crippen molar-refractivity contribution in [2.45, 2.75) is 57.9 Å². The summed E-state index contributed by atoms with van der Waals surface area (Å²) in [5, 5.41) is 0.349. The summed E-state index contributed by atoms with van der Waals surface area (Å²) in [7, 11) is 0. The zero-order valence-electron chi connectivity index (χ0n) is 19.9. The van der Waals surface area contributed by atoms with Crippen LogP contribution in [0, 0.1) is 11.8 Å². The van der Waals surface area contributed by atoms with Crippen molar-refractivity contribution in [3.8, 4) is 5.19 Å². The quantitative estimate of drug-likeness (QED) is 0.360. The first-order valence-corrected chi connectivity index (χ1v) is 12.9. The van der Waals surface area contributed by atoms with Crippen molar-refractivity contribution < 1.29 is 18.3 Å². The van der Waals surface area contributed by atoms with Crippen LogP contribution in [0.25, 0.3) is 6.08 Å². The largest absolute Gasteiger partial charge is 0.464 e. The first-order chi connectivity index (χ1) is 16.8. The number of hydrogen-bond donors (Lipinski definition) is 0. The number of alkyl halides is 2. The van der Waals surface area contributed by atoms with Crippen LogP contribution in [0.1, 0.15) is 55.2 Å². The van der Waals surface area contributed by atoms with Gasteiger partial charge in [-0.2, -0.15) is 0 Å². The number of rotatable bonds is 9. The molecule has 3 heterocycles. The van der Waals surface area contributed by atoms with Crippen LogP contribution in [0.2, 0.25) is 0 Å². The molecule has 0 radical (unpaired) electrons. The van der Waals surface area contributed by atoms with E-state index in [-0.39, 0.29) is 5.91 Å². The molecule has 1 amide bonds. The van der Waals surface area contributed by atoms with Gasteiger partial charge in [-0.25, -0.2) is 28.7 Å². The van der Waals surface area contributed by atoms with Crippen LogP contribution in [-0.4, -0.2) is 57.6 Å². The van der Waals surface area contributed by atoms with Gasteiger partial charge >= 0.3 is 0 Å². The van der Waals surface area contributed by atoms with Crippen LogP contribution >= 0.6 is 11.3 Å². The number of fused-ring (bicyclic) bond motifs is 1. The minimum atomic E-state index is -2.85. The molecular weight excluding hydrogens is 472 g/mol. The highest BCUT2D eigenvalue weighted by Crippen LogP contribution is 2.33. The molecule has 1 aliphatic carbocycles. The van der Waals surface area contributed by atoms with Gasteiger partial charge in [0.15, 0.2) is 6.61 Å². The first kappa shape index (κ1) is 25.5. The number of ether oxygens (including phenoxy) is 1. The lowest BCUT2D eigenvalue weighted by molar-refractivity contribution is -0.113. The second kappa shape index (κ2) is 11.9. The molecule has 4 rings (SSSR count). The smallest absolute Gasteiger partial charge is 0.278 e. The number of carbonyl (C=O) groups excluding carboxylic acids is 1. The maximum atomic E-state index is 13.0. The Balaban J connectivity index is 1.15. The van der Waals surface area contributed by atoms with Crippen molar-refractivity contribution in [2.24, 2.45) is 16.8 Å². The lowest BCUT2D eigenvalue weighted by Gasteiger charge is -2.30. The number of thiazole rings is 1. The second-order valence-corrected chi connectivity index (χ2v) is 10.5. The van der Waals surface area contributed by atoms with Crippen LogP contribution in [0.4, 0.5) is 8.78 Å². The third-order valence-electron chi connectivity index (χ3n) is 6.39. The normalized spacial score (nSPS) is 21.5. The first-order valence-electron chi connectivity index (χ1n) is 12.1. The Bertz CT molecular complexity index is 1030. The summed E-state index contributed by atoms with van der Waals surface area (Å²) in [6, 6.07) is 0. The molecule has 0 bridgehead atoms. The third kappa shape index (κ3) is 8.24. The van der Waals surface area contributed by atoms with Crippen molar-refractivity contribution in [1.82, 2.24) is 19.9 Å². The van der Waals surface area contributed by atoms with E-state index in [4.69, 9.17) is 4.74 Å². The lowest BCUT2D eigenvalue weighted by atomic mass is 9.81. The van der Waals surface area contributed by atoms with E-state index in [0.717, 1.165) is 81.2 Å². The minimum absolute atomic E-state index is 0.264. The fourth-order valence-electron chi connectivity index (χ4n) is 4.45. The Morgan fingerprint density at radius 1 is 1.29 bits per heavy atom. The van der Waals surface area contributed by atoms with Gasteiger partial charge in [-0.15, -0.1) is 0 Å². The van der Waals surface area contributed by atoms with Gasteiger partial charge in [0.05, 0.1) is 5.69 Å². The molecule has 10 heteroatoms. The lowest BCUT2D eigenvalue weighted by Crippen LogP contribution is -2.32. The van der Waals surface area contributed by atoms with Crippen molar-refractivity contribution in [3.05, 3.63) is 40.9 Å². The molecule has 0 unspecified atom stereocenters. The van der Waals surface area contributed by atoms with Crippen molar-refractivity contribution in [3.63, 3.8) is 0 Å². The van der Waals surface area contributed by atoms with Crippen molar-refractivity contribution in [2.75, 3.05) is 19.7 Å². The second-order valence-electron chi connectivity index (χ2n) is 9.43. The number of hydrogen-bond acceptors (Lipinski definition) is 7. The highest BCUT2D eigenvalue weighted by Gasteiger charge is 2.26. The average Bonchev–Trinajstić information content (AvgIpc) is 3.27. The topological polar surface area (TPSA) is 80.6 Å². The van der Waals surface area contributed by atoms with Gasteiger partial charge in [0.1, 0.15) is 6.33 Å². The van der Waals surface area contributed by atoms with E-state index >= 15 is 0 Å². The number of nitrogens with zero attached hydrogens (tertiary/aromatic N) is 5. The summed E-state index contributed by atoms with van der Waals surface area (Å²) >= 11 is 1.39. The number of carbonyl (C=O) groups is 1. The van der Waals surface area contributed by atoms with Crippen LogP contribution in [0.3, 0.4) is 0 Å².